The van der Waals surface area contributed by atoms with Gasteiger partial charge in [0.15, 0.2) is 5.12 Å². The van der Waals surface area contributed by atoms with Gasteiger partial charge in [0.1, 0.15) is 5.82 Å². The second-order valence-corrected chi connectivity index (χ2v) is 6.16. The first-order chi connectivity index (χ1) is 11.1. The molecule has 0 aliphatic rings. The average molecular weight is 325 g/mol. The number of thioether (sulfide) groups is 1. The molecule has 23 heavy (non-hydrogen) atoms. The third kappa shape index (κ3) is 3.78. The van der Waals surface area contributed by atoms with Crippen molar-refractivity contribution in [3.8, 4) is 11.4 Å². The van der Waals surface area contributed by atoms with Crippen LogP contribution in [-0.2, 0) is 9.59 Å². The van der Waals surface area contributed by atoms with Crippen LogP contribution in [0.4, 0.5) is 5.69 Å². The van der Waals surface area contributed by atoms with E-state index in [1.165, 1.54) is 6.92 Å². The third-order valence-corrected chi connectivity index (χ3v) is 4.05. The van der Waals surface area contributed by atoms with Gasteiger partial charge in [-0.3, -0.25) is 9.59 Å². The van der Waals surface area contributed by atoms with E-state index < -0.39 is 0 Å². The number of nitrogens with zero attached hydrogens (tertiary/aromatic N) is 1. The molecular formula is C17H15N3O2S. The highest BCUT2D eigenvalue weighted by Crippen LogP contribution is 2.22. The van der Waals surface area contributed by atoms with Crippen molar-refractivity contribution >= 4 is 39.5 Å². The molecule has 0 spiro atoms. The number of benzene rings is 2. The van der Waals surface area contributed by atoms with E-state index in [4.69, 9.17) is 0 Å². The zero-order chi connectivity index (χ0) is 16.2. The first-order valence-electron chi connectivity index (χ1n) is 7.10. The molecule has 0 radical (unpaired) electrons. The summed E-state index contributed by atoms with van der Waals surface area (Å²) in [6.45, 7) is 1.44. The minimum atomic E-state index is -0.193. The van der Waals surface area contributed by atoms with Crippen LogP contribution in [0.3, 0.4) is 0 Å². The lowest BCUT2D eigenvalue weighted by molar-refractivity contribution is -0.114. The summed E-state index contributed by atoms with van der Waals surface area (Å²) in [6.07, 6.45) is 0. The van der Waals surface area contributed by atoms with Crippen LogP contribution in [0.5, 0.6) is 0 Å². The summed E-state index contributed by atoms with van der Waals surface area (Å²) in [7, 11) is 0. The van der Waals surface area contributed by atoms with Crippen molar-refractivity contribution in [1.82, 2.24) is 9.97 Å². The number of aromatic amines is 1. The van der Waals surface area contributed by atoms with Crippen LogP contribution in [0.25, 0.3) is 22.4 Å². The Morgan fingerprint density at radius 3 is 2.57 bits per heavy atom. The molecule has 2 N–H and O–H groups in total. The number of hydrogen-bond donors (Lipinski definition) is 2. The van der Waals surface area contributed by atoms with Gasteiger partial charge in [-0.1, -0.05) is 23.9 Å². The Balaban J connectivity index is 1.71. The summed E-state index contributed by atoms with van der Waals surface area (Å²) in [6, 6.07) is 15.3. The molecule has 116 valence electrons. The molecule has 1 heterocycles. The van der Waals surface area contributed by atoms with Gasteiger partial charge in [0.2, 0.25) is 5.91 Å². The maximum absolute atomic E-state index is 11.7. The molecule has 0 saturated carbocycles. The first-order valence-corrected chi connectivity index (χ1v) is 8.09. The van der Waals surface area contributed by atoms with Crippen molar-refractivity contribution in [2.75, 3.05) is 11.1 Å². The van der Waals surface area contributed by atoms with E-state index in [2.05, 4.69) is 15.3 Å². The molecule has 6 heteroatoms. The molecule has 3 rings (SSSR count). The van der Waals surface area contributed by atoms with Gasteiger partial charge in [-0.05, 0) is 36.4 Å². The quantitative estimate of drug-likeness (QED) is 0.770. The maximum atomic E-state index is 11.7. The Labute approximate surface area is 137 Å². The van der Waals surface area contributed by atoms with Gasteiger partial charge in [-0.15, -0.1) is 0 Å². The van der Waals surface area contributed by atoms with Crippen molar-refractivity contribution in [2.45, 2.75) is 6.92 Å². The SMILES string of the molecule is CC(=O)SCC(=O)Nc1ccc(-c2nc3ccccc3[nH]2)cc1. The predicted molar refractivity (Wildman–Crippen MR) is 93.3 cm³/mol. The molecule has 2 aromatic carbocycles. The maximum Gasteiger partial charge on any atom is 0.234 e. The summed E-state index contributed by atoms with van der Waals surface area (Å²) in [5.74, 6) is 0.721. The highest BCUT2D eigenvalue weighted by molar-refractivity contribution is 8.14. The number of fused-ring (bicyclic) bond motifs is 1. The normalized spacial score (nSPS) is 10.7. The zero-order valence-corrected chi connectivity index (χ0v) is 13.3. The van der Waals surface area contributed by atoms with E-state index in [0.717, 1.165) is 34.2 Å². The lowest BCUT2D eigenvalue weighted by Gasteiger charge is -2.05. The number of hydrogen-bond acceptors (Lipinski definition) is 4. The number of amides is 1. The lowest BCUT2D eigenvalue weighted by Crippen LogP contribution is -2.14. The average Bonchev–Trinajstić information content (AvgIpc) is 2.97. The second kappa shape index (κ2) is 6.66. The Bertz CT molecular complexity index is 823. The number of anilines is 1. The minimum absolute atomic E-state index is 0.0691. The van der Waals surface area contributed by atoms with Crippen molar-refractivity contribution in [2.24, 2.45) is 0 Å². The van der Waals surface area contributed by atoms with Crippen LogP contribution in [-0.4, -0.2) is 26.7 Å². The summed E-state index contributed by atoms with van der Waals surface area (Å²) in [5.41, 5.74) is 3.54. The fourth-order valence-electron chi connectivity index (χ4n) is 2.17. The number of rotatable bonds is 4. The van der Waals surface area contributed by atoms with Gasteiger partial charge >= 0.3 is 0 Å². The van der Waals surface area contributed by atoms with E-state index in [0.29, 0.717) is 5.69 Å². The van der Waals surface area contributed by atoms with Gasteiger partial charge in [-0.25, -0.2) is 4.98 Å². The van der Waals surface area contributed by atoms with Gasteiger partial charge in [0, 0.05) is 18.2 Å². The zero-order valence-electron chi connectivity index (χ0n) is 12.5. The molecule has 3 aromatic rings. The smallest absolute Gasteiger partial charge is 0.234 e. The van der Waals surface area contributed by atoms with Gasteiger partial charge in [0.25, 0.3) is 0 Å². The van der Waals surface area contributed by atoms with Gasteiger partial charge in [-0.2, -0.15) is 0 Å². The highest BCUT2D eigenvalue weighted by Gasteiger charge is 2.07. The summed E-state index contributed by atoms with van der Waals surface area (Å²) < 4.78 is 0. The molecule has 0 unspecified atom stereocenters. The summed E-state index contributed by atoms with van der Waals surface area (Å²) in [4.78, 5) is 30.3. The standard InChI is InChI=1S/C17H15N3O2S/c1-11(21)23-10-16(22)18-13-8-6-12(7-9-13)17-19-14-4-2-3-5-15(14)20-17/h2-9H,10H2,1H3,(H,18,22)(H,19,20). The Hall–Kier alpha value is -2.60. The topological polar surface area (TPSA) is 74.8 Å². The Kier molecular flexibility index (Phi) is 4.43. The third-order valence-electron chi connectivity index (χ3n) is 3.24. The predicted octanol–water partition coefficient (Wildman–Crippen LogP) is 3.45. The molecule has 0 aliphatic carbocycles. The van der Waals surface area contributed by atoms with Crippen LogP contribution in [0.1, 0.15) is 6.92 Å². The number of para-hydroxylation sites is 2. The van der Waals surface area contributed by atoms with Gasteiger partial charge < -0.3 is 10.3 Å². The first kappa shape index (κ1) is 15.3. The van der Waals surface area contributed by atoms with Crippen LogP contribution < -0.4 is 5.32 Å². The highest BCUT2D eigenvalue weighted by atomic mass is 32.2. The van der Waals surface area contributed by atoms with Crippen molar-refractivity contribution in [3.05, 3.63) is 48.5 Å². The number of nitrogens with one attached hydrogen (secondary N) is 2. The van der Waals surface area contributed by atoms with Crippen molar-refractivity contribution < 1.29 is 9.59 Å². The second-order valence-electron chi connectivity index (χ2n) is 5.01. The number of carbonyl (C=O) groups is 2. The van der Waals surface area contributed by atoms with E-state index in [9.17, 15) is 9.59 Å². The lowest BCUT2D eigenvalue weighted by atomic mass is 10.2. The molecule has 0 bridgehead atoms. The number of H-pyrrole nitrogens is 1. The monoisotopic (exact) mass is 325 g/mol. The molecule has 0 aliphatic heterocycles. The minimum Gasteiger partial charge on any atom is -0.338 e. The van der Waals surface area contributed by atoms with Crippen LogP contribution in [0.15, 0.2) is 48.5 Å². The van der Waals surface area contributed by atoms with Crippen LogP contribution in [0.2, 0.25) is 0 Å². The number of aromatic nitrogens is 2. The van der Waals surface area contributed by atoms with Gasteiger partial charge in [0.05, 0.1) is 16.8 Å². The molecule has 1 amide bonds. The molecule has 0 fully saturated rings. The fourth-order valence-corrected chi connectivity index (χ4v) is 2.57. The largest absolute Gasteiger partial charge is 0.338 e. The van der Waals surface area contributed by atoms with Crippen LogP contribution >= 0.6 is 11.8 Å². The number of carbonyl (C=O) groups excluding carboxylic acids is 2. The Morgan fingerprint density at radius 2 is 1.87 bits per heavy atom. The molecule has 0 atom stereocenters. The Morgan fingerprint density at radius 1 is 1.13 bits per heavy atom. The van der Waals surface area contributed by atoms with E-state index in [1.807, 2.05) is 48.5 Å². The molecule has 1 aromatic heterocycles. The molecular weight excluding hydrogens is 310 g/mol. The number of imidazole rings is 1. The van der Waals surface area contributed by atoms with Crippen molar-refractivity contribution in [1.29, 1.82) is 0 Å². The summed E-state index contributed by atoms with van der Waals surface area (Å²) in [5, 5.41) is 2.69. The van der Waals surface area contributed by atoms with Crippen molar-refractivity contribution in [3.63, 3.8) is 0 Å². The molecule has 5 nitrogen and oxygen atoms in total. The molecule has 0 saturated heterocycles. The van der Waals surface area contributed by atoms with E-state index in [1.54, 1.807) is 0 Å². The van der Waals surface area contributed by atoms with Crippen LogP contribution in [0, 0.1) is 0 Å². The van der Waals surface area contributed by atoms with E-state index in [-0.39, 0.29) is 16.8 Å². The van der Waals surface area contributed by atoms with E-state index >= 15 is 0 Å². The summed E-state index contributed by atoms with van der Waals surface area (Å²) >= 11 is 0.995. The fraction of sp³-hybridized carbons (Fsp3) is 0.118.